The van der Waals surface area contributed by atoms with Gasteiger partial charge in [0.25, 0.3) is 0 Å². The Hall–Kier alpha value is -1.84. The van der Waals surface area contributed by atoms with Crippen molar-refractivity contribution < 1.29 is 4.74 Å². The lowest BCUT2D eigenvalue weighted by Gasteiger charge is -2.36. The molecule has 0 amide bonds. The summed E-state index contributed by atoms with van der Waals surface area (Å²) >= 11 is 0. The summed E-state index contributed by atoms with van der Waals surface area (Å²) in [6.45, 7) is 7.44. The van der Waals surface area contributed by atoms with E-state index in [2.05, 4.69) is 71.7 Å². The Morgan fingerprint density at radius 2 is 1.77 bits per heavy atom. The molecule has 4 rings (SSSR count). The van der Waals surface area contributed by atoms with Gasteiger partial charge in [-0.25, -0.2) is 0 Å². The zero-order chi connectivity index (χ0) is 17.8. The molecule has 0 radical (unpaired) electrons. The molecule has 2 aromatic rings. The molecule has 2 aliphatic heterocycles. The van der Waals surface area contributed by atoms with E-state index in [1.54, 1.807) is 0 Å². The van der Waals surface area contributed by atoms with Crippen LogP contribution in [0.15, 0.2) is 54.6 Å². The normalized spacial score (nSPS) is 25.7. The average Bonchev–Trinajstić information content (AvgIpc) is 3.04. The lowest BCUT2D eigenvalue weighted by Crippen LogP contribution is -2.41. The Labute approximate surface area is 157 Å². The second-order valence-corrected chi connectivity index (χ2v) is 7.53. The van der Waals surface area contributed by atoms with Gasteiger partial charge in [-0.3, -0.25) is 4.90 Å². The van der Waals surface area contributed by atoms with Crippen molar-refractivity contribution in [3.8, 4) is 0 Å². The minimum Gasteiger partial charge on any atom is -0.381 e. The van der Waals surface area contributed by atoms with Crippen molar-refractivity contribution in [3.05, 3.63) is 65.7 Å². The number of nitrogens with one attached hydrogen (secondary N) is 1. The Balaban J connectivity index is 1.57. The van der Waals surface area contributed by atoms with Gasteiger partial charge in [0.2, 0.25) is 0 Å². The molecule has 3 nitrogen and oxygen atoms in total. The lowest BCUT2D eigenvalue weighted by molar-refractivity contribution is 0.0369. The molecule has 0 spiro atoms. The zero-order valence-electron chi connectivity index (χ0n) is 15.8. The van der Waals surface area contributed by atoms with Crippen molar-refractivity contribution in [2.24, 2.45) is 0 Å². The van der Waals surface area contributed by atoms with Gasteiger partial charge in [0.05, 0.1) is 13.2 Å². The van der Waals surface area contributed by atoms with Gasteiger partial charge in [-0.2, -0.15) is 0 Å². The van der Waals surface area contributed by atoms with Gasteiger partial charge in [-0.15, -0.1) is 0 Å². The Kier molecular flexibility index (Phi) is 5.28. The van der Waals surface area contributed by atoms with Gasteiger partial charge < -0.3 is 10.1 Å². The fourth-order valence-electron chi connectivity index (χ4n) is 4.89. The van der Waals surface area contributed by atoms with E-state index in [1.165, 1.54) is 36.2 Å². The van der Waals surface area contributed by atoms with E-state index in [1.807, 2.05) is 0 Å². The summed E-state index contributed by atoms with van der Waals surface area (Å²) in [5.74, 6) is 0. The van der Waals surface area contributed by atoms with E-state index < -0.39 is 0 Å². The highest BCUT2D eigenvalue weighted by molar-refractivity contribution is 5.66. The van der Waals surface area contributed by atoms with Crippen molar-refractivity contribution in [2.45, 2.75) is 37.6 Å². The number of para-hydroxylation sites is 1. The van der Waals surface area contributed by atoms with Crippen molar-refractivity contribution in [1.29, 1.82) is 0 Å². The Bertz CT molecular complexity index is 711. The Morgan fingerprint density at radius 3 is 2.54 bits per heavy atom. The highest BCUT2D eigenvalue weighted by Gasteiger charge is 2.46. The number of rotatable bonds is 6. The molecule has 138 valence electrons. The number of benzene rings is 2. The quantitative estimate of drug-likeness (QED) is 0.841. The summed E-state index contributed by atoms with van der Waals surface area (Å²) in [6.07, 6.45) is 3.53. The predicted molar refractivity (Wildman–Crippen MR) is 108 cm³/mol. The number of fused-ring (bicyclic) bond motifs is 1. The maximum atomic E-state index is 5.48. The van der Waals surface area contributed by atoms with Crippen molar-refractivity contribution >= 4 is 5.69 Å². The number of morpholine rings is 1. The van der Waals surface area contributed by atoms with Gasteiger partial charge in [0.1, 0.15) is 0 Å². The topological polar surface area (TPSA) is 24.5 Å². The minimum atomic E-state index is 0.0723. The lowest BCUT2D eigenvalue weighted by atomic mass is 9.68. The largest absolute Gasteiger partial charge is 0.381 e. The van der Waals surface area contributed by atoms with E-state index in [0.29, 0.717) is 6.04 Å². The van der Waals surface area contributed by atoms with Crippen LogP contribution < -0.4 is 5.32 Å². The van der Waals surface area contributed by atoms with Crippen molar-refractivity contribution in [3.63, 3.8) is 0 Å². The van der Waals surface area contributed by atoms with Gasteiger partial charge in [0.15, 0.2) is 0 Å². The number of hydrogen-bond acceptors (Lipinski definition) is 3. The summed E-state index contributed by atoms with van der Waals surface area (Å²) < 4.78 is 5.48. The number of anilines is 1. The van der Waals surface area contributed by atoms with Crippen molar-refractivity contribution in [1.82, 2.24) is 4.90 Å². The number of hydrogen-bond donors (Lipinski definition) is 1. The molecule has 26 heavy (non-hydrogen) atoms. The summed E-state index contributed by atoms with van der Waals surface area (Å²) in [5.41, 5.74) is 4.29. The summed E-state index contributed by atoms with van der Waals surface area (Å²) in [4.78, 5) is 2.54. The van der Waals surface area contributed by atoms with E-state index in [4.69, 9.17) is 4.74 Å². The molecule has 1 fully saturated rings. The first-order valence-corrected chi connectivity index (χ1v) is 10.1. The summed E-state index contributed by atoms with van der Waals surface area (Å²) in [7, 11) is 0. The SMILES string of the molecule is CCC1(c2ccccc2)c2ccccc2NC1CCCN1CCOCC1. The van der Waals surface area contributed by atoms with Crippen LogP contribution in [-0.2, 0) is 10.2 Å². The number of ether oxygens (including phenoxy) is 1. The molecule has 0 bridgehead atoms. The molecule has 0 aromatic heterocycles. The highest BCUT2D eigenvalue weighted by Crippen LogP contribution is 2.49. The van der Waals surface area contributed by atoms with Crippen molar-refractivity contribution in [2.75, 3.05) is 38.2 Å². The smallest absolute Gasteiger partial charge is 0.0594 e. The zero-order valence-corrected chi connectivity index (χ0v) is 15.8. The molecule has 0 aliphatic carbocycles. The van der Waals surface area contributed by atoms with Crippen LogP contribution in [0.5, 0.6) is 0 Å². The van der Waals surface area contributed by atoms with Gasteiger partial charge in [-0.05, 0) is 43.0 Å². The molecule has 1 saturated heterocycles. The first-order valence-electron chi connectivity index (χ1n) is 10.1. The first kappa shape index (κ1) is 17.6. The summed E-state index contributed by atoms with van der Waals surface area (Å²) in [6, 6.07) is 20.4. The van der Waals surface area contributed by atoms with Crippen LogP contribution in [0.1, 0.15) is 37.3 Å². The molecular formula is C23H30N2O. The van der Waals surface area contributed by atoms with Crippen LogP contribution in [-0.4, -0.2) is 43.8 Å². The van der Waals surface area contributed by atoms with Crippen LogP contribution in [0, 0.1) is 0 Å². The summed E-state index contributed by atoms with van der Waals surface area (Å²) in [5, 5.41) is 3.87. The second-order valence-electron chi connectivity index (χ2n) is 7.53. The molecule has 3 heteroatoms. The third kappa shape index (κ3) is 3.15. The average molecular weight is 351 g/mol. The van der Waals surface area contributed by atoms with Crippen LogP contribution in [0.4, 0.5) is 5.69 Å². The molecule has 0 saturated carbocycles. The van der Waals surface area contributed by atoms with Gasteiger partial charge in [-0.1, -0.05) is 55.5 Å². The van der Waals surface area contributed by atoms with Crippen LogP contribution >= 0.6 is 0 Å². The molecular weight excluding hydrogens is 320 g/mol. The monoisotopic (exact) mass is 350 g/mol. The fraction of sp³-hybridized carbons (Fsp3) is 0.478. The molecule has 1 N–H and O–H groups in total. The van der Waals surface area contributed by atoms with E-state index >= 15 is 0 Å². The van der Waals surface area contributed by atoms with Crippen LogP contribution in [0.25, 0.3) is 0 Å². The standard InChI is InChI=1S/C23H30N2O/c1-2-23(19-9-4-3-5-10-19)20-11-6-7-12-21(20)24-22(23)13-8-14-25-15-17-26-18-16-25/h3-7,9-12,22,24H,2,8,13-18H2,1H3. The molecule has 2 unspecified atom stereocenters. The maximum absolute atomic E-state index is 5.48. The third-order valence-corrected chi connectivity index (χ3v) is 6.25. The Morgan fingerprint density at radius 1 is 1.04 bits per heavy atom. The maximum Gasteiger partial charge on any atom is 0.0594 e. The molecule has 2 heterocycles. The predicted octanol–water partition coefficient (Wildman–Crippen LogP) is 4.29. The number of nitrogens with zero attached hydrogens (tertiary/aromatic N) is 1. The molecule has 2 aromatic carbocycles. The van der Waals surface area contributed by atoms with E-state index in [0.717, 1.165) is 32.7 Å². The second kappa shape index (κ2) is 7.81. The third-order valence-electron chi connectivity index (χ3n) is 6.25. The highest BCUT2D eigenvalue weighted by atomic mass is 16.5. The molecule has 2 aliphatic rings. The first-order chi connectivity index (χ1) is 12.8. The van der Waals surface area contributed by atoms with Crippen LogP contribution in [0.2, 0.25) is 0 Å². The van der Waals surface area contributed by atoms with Crippen LogP contribution in [0.3, 0.4) is 0 Å². The molecule has 2 atom stereocenters. The fourth-order valence-corrected chi connectivity index (χ4v) is 4.89. The van der Waals surface area contributed by atoms with E-state index in [-0.39, 0.29) is 5.41 Å². The minimum absolute atomic E-state index is 0.0723. The van der Waals surface area contributed by atoms with E-state index in [9.17, 15) is 0 Å². The van der Waals surface area contributed by atoms with Gasteiger partial charge in [0, 0.05) is 30.2 Å². The van der Waals surface area contributed by atoms with Gasteiger partial charge >= 0.3 is 0 Å².